The van der Waals surface area contributed by atoms with Crippen molar-refractivity contribution in [3.05, 3.63) is 57.6 Å². The van der Waals surface area contributed by atoms with Crippen LogP contribution in [0.15, 0.2) is 40.9 Å². The molecule has 1 heterocycles. The Bertz CT molecular complexity index is 924. The number of amides is 1. The topological polar surface area (TPSA) is 81.9 Å². The van der Waals surface area contributed by atoms with Crippen molar-refractivity contribution in [1.29, 1.82) is 0 Å². The number of anilines is 1. The van der Waals surface area contributed by atoms with Crippen LogP contribution in [0.1, 0.15) is 43.0 Å². The molecule has 0 aromatic heterocycles. The lowest BCUT2D eigenvalue weighted by atomic mass is 9.92. The van der Waals surface area contributed by atoms with E-state index in [-0.39, 0.29) is 18.9 Å². The molecule has 6 nitrogen and oxygen atoms in total. The maximum Gasteiger partial charge on any atom is 0.513 e. The summed E-state index contributed by atoms with van der Waals surface area (Å²) in [7, 11) is 0. The molecule has 2 aromatic carbocycles. The number of carbonyl (C=O) groups excluding carboxylic acids is 2. The summed E-state index contributed by atoms with van der Waals surface area (Å²) in [5.74, 6) is 0.756. The number of carbonyl (C=O) groups is 2. The molecule has 1 aliphatic heterocycles. The number of nitrogens with zero attached hydrogens (tertiary/aromatic N) is 1. The van der Waals surface area contributed by atoms with E-state index in [1.165, 1.54) is 5.56 Å². The molecule has 1 amide bonds. The minimum Gasteiger partial charge on any atom is -0.434 e. The molecule has 3 rings (SSSR count). The Labute approximate surface area is 185 Å². The zero-order valence-corrected chi connectivity index (χ0v) is 19.1. The third kappa shape index (κ3) is 5.02. The highest BCUT2D eigenvalue weighted by Crippen LogP contribution is 2.34. The zero-order valence-electron chi connectivity index (χ0n) is 17.5. The van der Waals surface area contributed by atoms with Gasteiger partial charge < -0.3 is 20.1 Å². The third-order valence-corrected chi connectivity index (χ3v) is 5.84. The highest BCUT2D eigenvalue weighted by Gasteiger charge is 2.28. The number of para-hydroxylation sites is 1. The van der Waals surface area contributed by atoms with Crippen LogP contribution in [0.4, 0.5) is 10.5 Å². The van der Waals surface area contributed by atoms with Crippen LogP contribution >= 0.6 is 15.9 Å². The van der Waals surface area contributed by atoms with E-state index in [1.807, 2.05) is 30.0 Å². The second kappa shape index (κ2) is 9.62. The van der Waals surface area contributed by atoms with Gasteiger partial charge in [0.1, 0.15) is 5.75 Å². The van der Waals surface area contributed by atoms with E-state index in [2.05, 4.69) is 28.9 Å². The molecule has 0 saturated heterocycles. The Hall–Kier alpha value is -2.38. The third-order valence-electron chi connectivity index (χ3n) is 5.18. The molecule has 0 saturated carbocycles. The molecule has 2 aromatic rings. The molecular weight excluding hydrogens is 448 g/mol. The summed E-state index contributed by atoms with van der Waals surface area (Å²) in [4.78, 5) is 26.6. The van der Waals surface area contributed by atoms with Crippen LogP contribution in [0.3, 0.4) is 0 Å². The van der Waals surface area contributed by atoms with Gasteiger partial charge in [-0.2, -0.15) is 0 Å². The Balaban J connectivity index is 1.77. The van der Waals surface area contributed by atoms with Gasteiger partial charge in [-0.3, -0.25) is 4.79 Å². The number of halogens is 1. The number of aryl methyl sites for hydroxylation is 1. The molecule has 160 valence electrons. The SMILES string of the molecule is CCOC(=O)Oc1cc(C)c(C(N)CC(=O)N2CC(C)Cc3ccccc32)c(Br)c1. The van der Waals surface area contributed by atoms with Gasteiger partial charge in [0, 0.05) is 29.2 Å². The summed E-state index contributed by atoms with van der Waals surface area (Å²) in [5.41, 5.74) is 10.3. The highest BCUT2D eigenvalue weighted by atomic mass is 79.9. The van der Waals surface area contributed by atoms with Crippen LogP contribution in [0, 0.1) is 12.8 Å². The van der Waals surface area contributed by atoms with Gasteiger partial charge >= 0.3 is 6.16 Å². The van der Waals surface area contributed by atoms with E-state index in [0.29, 0.717) is 22.7 Å². The molecule has 0 spiro atoms. The van der Waals surface area contributed by atoms with E-state index in [4.69, 9.17) is 15.2 Å². The van der Waals surface area contributed by atoms with Crippen molar-refractivity contribution >= 4 is 33.7 Å². The van der Waals surface area contributed by atoms with Crippen LogP contribution in [-0.4, -0.2) is 25.2 Å². The van der Waals surface area contributed by atoms with E-state index in [0.717, 1.165) is 23.2 Å². The first-order valence-electron chi connectivity index (χ1n) is 10.1. The van der Waals surface area contributed by atoms with Crippen LogP contribution < -0.4 is 15.4 Å². The number of hydrogen-bond donors (Lipinski definition) is 1. The van der Waals surface area contributed by atoms with Gasteiger partial charge in [0.05, 0.1) is 6.61 Å². The lowest BCUT2D eigenvalue weighted by Gasteiger charge is -2.34. The summed E-state index contributed by atoms with van der Waals surface area (Å²) in [6.07, 6.45) is 0.394. The fraction of sp³-hybridized carbons (Fsp3) is 0.391. The first-order valence-corrected chi connectivity index (χ1v) is 10.9. The second-order valence-corrected chi connectivity index (χ2v) is 8.53. The number of hydrogen-bond acceptors (Lipinski definition) is 5. The van der Waals surface area contributed by atoms with Crippen molar-refractivity contribution in [2.24, 2.45) is 11.7 Å². The molecule has 2 unspecified atom stereocenters. The molecule has 0 radical (unpaired) electrons. The second-order valence-electron chi connectivity index (χ2n) is 7.67. The van der Waals surface area contributed by atoms with Crippen LogP contribution in [0.5, 0.6) is 5.75 Å². The number of fused-ring (bicyclic) bond motifs is 1. The summed E-state index contributed by atoms with van der Waals surface area (Å²) >= 11 is 3.51. The number of benzene rings is 2. The molecule has 7 heteroatoms. The minimum absolute atomic E-state index is 0.000324. The van der Waals surface area contributed by atoms with Crippen molar-refractivity contribution in [1.82, 2.24) is 0 Å². The maximum atomic E-state index is 13.1. The van der Waals surface area contributed by atoms with Crippen LogP contribution in [-0.2, 0) is 16.0 Å². The van der Waals surface area contributed by atoms with Crippen LogP contribution in [0.2, 0.25) is 0 Å². The van der Waals surface area contributed by atoms with Gasteiger partial charge in [-0.05, 0) is 61.1 Å². The first kappa shape index (κ1) is 22.3. The molecule has 0 aliphatic carbocycles. The van der Waals surface area contributed by atoms with Gasteiger partial charge in [-0.25, -0.2) is 4.79 Å². The normalized spacial score (nSPS) is 16.6. The Morgan fingerprint density at radius 1 is 1.30 bits per heavy atom. The summed E-state index contributed by atoms with van der Waals surface area (Å²) in [5, 5.41) is 0. The molecule has 1 aliphatic rings. The van der Waals surface area contributed by atoms with E-state index < -0.39 is 12.2 Å². The largest absolute Gasteiger partial charge is 0.513 e. The van der Waals surface area contributed by atoms with Crippen LogP contribution in [0.25, 0.3) is 0 Å². The Kier molecular flexibility index (Phi) is 7.15. The highest BCUT2D eigenvalue weighted by molar-refractivity contribution is 9.10. The van der Waals surface area contributed by atoms with Crippen molar-refractivity contribution in [2.75, 3.05) is 18.1 Å². The Morgan fingerprint density at radius 2 is 2.03 bits per heavy atom. The fourth-order valence-corrected chi connectivity index (χ4v) is 4.76. The predicted octanol–water partition coefficient (Wildman–Crippen LogP) is 4.91. The average Bonchev–Trinajstić information content (AvgIpc) is 2.66. The summed E-state index contributed by atoms with van der Waals surface area (Å²) in [6, 6.07) is 10.9. The van der Waals surface area contributed by atoms with Gasteiger partial charge in [-0.15, -0.1) is 0 Å². The monoisotopic (exact) mass is 474 g/mol. The smallest absolute Gasteiger partial charge is 0.434 e. The number of rotatable bonds is 5. The molecule has 30 heavy (non-hydrogen) atoms. The molecule has 2 N–H and O–H groups in total. The van der Waals surface area contributed by atoms with Gasteiger partial charge in [0.15, 0.2) is 0 Å². The lowest BCUT2D eigenvalue weighted by Crippen LogP contribution is -2.40. The standard InChI is InChI=1S/C23H27BrN2O4/c1-4-29-23(28)30-17-10-15(3)22(18(24)11-17)19(25)12-21(27)26-13-14(2)9-16-7-5-6-8-20(16)26/h5-8,10-11,14,19H,4,9,12-13,25H2,1-3H3. The maximum absolute atomic E-state index is 13.1. The van der Waals surface area contributed by atoms with Crippen molar-refractivity contribution in [3.8, 4) is 5.75 Å². The van der Waals surface area contributed by atoms with E-state index >= 15 is 0 Å². The number of ether oxygens (including phenoxy) is 2. The van der Waals surface area contributed by atoms with Gasteiger partial charge in [-0.1, -0.05) is 41.1 Å². The lowest BCUT2D eigenvalue weighted by molar-refractivity contribution is -0.119. The van der Waals surface area contributed by atoms with E-state index in [1.54, 1.807) is 19.1 Å². The van der Waals surface area contributed by atoms with Gasteiger partial charge in [0.25, 0.3) is 0 Å². The number of nitrogens with two attached hydrogens (primary N) is 1. The minimum atomic E-state index is -0.756. The van der Waals surface area contributed by atoms with E-state index in [9.17, 15) is 9.59 Å². The van der Waals surface area contributed by atoms with Crippen molar-refractivity contribution in [2.45, 2.75) is 39.7 Å². The molecular formula is C23H27BrN2O4. The summed E-state index contributed by atoms with van der Waals surface area (Å²) in [6.45, 7) is 6.67. The predicted molar refractivity (Wildman–Crippen MR) is 120 cm³/mol. The van der Waals surface area contributed by atoms with Crippen molar-refractivity contribution < 1.29 is 19.1 Å². The molecule has 0 bridgehead atoms. The van der Waals surface area contributed by atoms with Gasteiger partial charge in [0.2, 0.25) is 5.91 Å². The zero-order chi connectivity index (χ0) is 21.8. The average molecular weight is 475 g/mol. The van der Waals surface area contributed by atoms with Crippen molar-refractivity contribution in [3.63, 3.8) is 0 Å². The quantitative estimate of drug-likeness (QED) is 0.491. The summed E-state index contributed by atoms with van der Waals surface area (Å²) < 4.78 is 10.7. The molecule has 0 fully saturated rings. The Morgan fingerprint density at radius 3 is 2.73 bits per heavy atom. The molecule has 2 atom stereocenters. The fourth-order valence-electron chi connectivity index (χ4n) is 3.93. The first-order chi connectivity index (χ1) is 14.3.